The minimum atomic E-state index is 0.265. The van der Waals surface area contributed by atoms with Gasteiger partial charge in [-0.05, 0) is 32.1 Å². The molecule has 0 bridgehead atoms. The summed E-state index contributed by atoms with van der Waals surface area (Å²) >= 11 is 6.34. The standard InChI is InChI=1S/C13H19ClN2O2/c14-13-12(18-11-4-2-1-3-5-11)8-15-16(13)10-6-7-17-9-10/h8,10-11H,1-7,9H2. The Morgan fingerprint density at radius 3 is 2.83 bits per heavy atom. The van der Waals surface area contributed by atoms with Crippen molar-refractivity contribution in [3.05, 3.63) is 11.3 Å². The van der Waals surface area contributed by atoms with E-state index in [-0.39, 0.29) is 6.04 Å². The van der Waals surface area contributed by atoms with Gasteiger partial charge in [-0.1, -0.05) is 18.0 Å². The second-order valence-electron chi connectivity index (χ2n) is 5.14. The molecule has 1 aliphatic heterocycles. The molecule has 1 saturated carbocycles. The molecule has 0 N–H and O–H groups in total. The molecule has 3 rings (SSSR count). The Hall–Kier alpha value is -0.740. The molecule has 1 saturated heterocycles. The van der Waals surface area contributed by atoms with Gasteiger partial charge in [0.1, 0.15) is 0 Å². The number of nitrogens with zero attached hydrogens (tertiary/aromatic N) is 2. The monoisotopic (exact) mass is 270 g/mol. The van der Waals surface area contributed by atoms with Crippen LogP contribution in [0.4, 0.5) is 0 Å². The van der Waals surface area contributed by atoms with Crippen LogP contribution in [0.1, 0.15) is 44.6 Å². The van der Waals surface area contributed by atoms with Gasteiger partial charge < -0.3 is 9.47 Å². The molecule has 1 aliphatic carbocycles. The van der Waals surface area contributed by atoms with Crippen LogP contribution in [0.25, 0.3) is 0 Å². The van der Waals surface area contributed by atoms with Crippen molar-refractivity contribution in [3.63, 3.8) is 0 Å². The molecule has 100 valence electrons. The van der Waals surface area contributed by atoms with Crippen LogP contribution in [0.5, 0.6) is 5.75 Å². The minimum Gasteiger partial charge on any atom is -0.486 e. The molecule has 18 heavy (non-hydrogen) atoms. The Morgan fingerprint density at radius 2 is 2.11 bits per heavy atom. The topological polar surface area (TPSA) is 36.3 Å². The van der Waals surface area contributed by atoms with Gasteiger partial charge in [0.15, 0.2) is 10.9 Å². The van der Waals surface area contributed by atoms with Crippen LogP contribution in [-0.2, 0) is 4.74 Å². The summed E-state index contributed by atoms with van der Waals surface area (Å²) in [4.78, 5) is 0. The fourth-order valence-electron chi connectivity index (χ4n) is 2.74. The molecule has 0 amide bonds. The quantitative estimate of drug-likeness (QED) is 0.846. The molecule has 1 atom stereocenters. The first-order valence-electron chi connectivity index (χ1n) is 6.82. The summed E-state index contributed by atoms with van der Waals surface area (Å²) in [5.74, 6) is 0.732. The molecule has 5 heteroatoms. The lowest BCUT2D eigenvalue weighted by Gasteiger charge is -2.22. The van der Waals surface area contributed by atoms with E-state index < -0.39 is 0 Å². The lowest BCUT2D eigenvalue weighted by atomic mass is 9.98. The Balaban J connectivity index is 1.68. The van der Waals surface area contributed by atoms with Gasteiger partial charge in [0.05, 0.1) is 24.9 Å². The minimum absolute atomic E-state index is 0.265. The molecule has 4 nitrogen and oxygen atoms in total. The zero-order chi connectivity index (χ0) is 12.4. The third-order valence-electron chi connectivity index (χ3n) is 3.80. The second kappa shape index (κ2) is 5.49. The van der Waals surface area contributed by atoms with E-state index in [0.717, 1.165) is 31.6 Å². The molecule has 1 unspecified atom stereocenters. The van der Waals surface area contributed by atoms with Crippen molar-refractivity contribution in [2.75, 3.05) is 13.2 Å². The predicted molar refractivity (Wildman–Crippen MR) is 69.2 cm³/mol. The maximum absolute atomic E-state index is 6.34. The first kappa shape index (κ1) is 12.3. The Kier molecular flexibility index (Phi) is 3.75. The summed E-state index contributed by atoms with van der Waals surface area (Å²) in [6.45, 7) is 1.49. The van der Waals surface area contributed by atoms with E-state index in [1.807, 2.05) is 4.68 Å². The highest BCUT2D eigenvalue weighted by atomic mass is 35.5. The van der Waals surface area contributed by atoms with E-state index >= 15 is 0 Å². The Bertz CT molecular complexity index is 396. The van der Waals surface area contributed by atoms with Gasteiger partial charge in [0.25, 0.3) is 0 Å². The summed E-state index contributed by atoms with van der Waals surface area (Å²) < 4.78 is 13.2. The Morgan fingerprint density at radius 1 is 1.28 bits per heavy atom. The van der Waals surface area contributed by atoms with Crippen molar-refractivity contribution >= 4 is 11.6 Å². The van der Waals surface area contributed by atoms with Gasteiger partial charge in [0, 0.05) is 6.61 Å². The Labute approximate surface area is 112 Å². The zero-order valence-corrected chi connectivity index (χ0v) is 11.2. The number of aromatic nitrogens is 2. The van der Waals surface area contributed by atoms with Gasteiger partial charge in [-0.15, -0.1) is 0 Å². The molecule has 2 heterocycles. The highest BCUT2D eigenvalue weighted by Gasteiger charge is 2.24. The summed E-state index contributed by atoms with van der Waals surface area (Å²) in [6.07, 6.45) is 9.14. The highest BCUT2D eigenvalue weighted by Crippen LogP contribution is 2.32. The lowest BCUT2D eigenvalue weighted by Crippen LogP contribution is -2.19. The van der Waals surface area contributed by atoms with E-state index in [1.165, 1.54) is 19.3 Å². The maximum atomic E-state index is 6.34. The van der Waals surface area contributed by atoms with Crippen LogP contribution in [0, 0.1) is 0 Å². The second-order valence-corrected chi connectivity index (χ2v) is 5.50. The number of hydrogen-bond acceptors (Lipinski definition) is 3. The molecule has 1 aromatic rings. The van der Waals surface area contributed by atoms with E-state index in [4.69, 9.17) is 21.1 Å². The van der Waals surface area contributed by atoms with Crippen molar-refractivity contribution in [1.82, 2.24) is 9.78 Å². The first-order valence-corrected chi connectivity index (χ1v) is 7.20. The summed E-state index contributed by atoms with van der Waals surface area (Å²) in [5, 5.41) is 4.96. The van der Waals surface area contributed by atoms with Gasteiger partial charge >= 0.3 is 0 Å². The average Bonchev–Trinajstić information content (AvgIpc) is 3.02. The highest BCUT2D eigenvalue weighted by molar-refractivity contribution is 6.31. The lowest BCUT2D eigenvalue weighted by molar-refractivity contribution is 0.154. The zero-order valence-electron chi connectivity index (χ0n) is 10.5. The fourth-order valence-corrected chi connectivity index (χ4v) is 3.02. The molecule has 2 fully saturated rings. The third kappa shape index (κ3) is 2.50. The predicted octanol–water partition coefficient (Wildman–Crippen LogP) is 3.21. The number of halogens is 1. The molecule has 0 radical (unpaired) electrons. The number of ether oxygens (including phenoxy) is 2. The number of rotatable bonds is 3. The van der Waals surface area contributed by atoms with Gasteiger partial charge in [-0.3, -0.25) is 0 Å². The van der Waals surface area contributed by atoms with Crippen LogP contribution >= 0.6 is 11.6 Å². The van der Waals surface area contributed by atoms with E-state index in [9.17, 15) is 0 Å². The molecule has 0 aromatic carbocycles. The smallest absolute Gasteiger partial charge is 0.176 e. The summed E-state index contributed by atoms with van der Waals surface area (Å²) in [5.41, 5.74) is 0. The SMILES string of the molecule is Clc1c(OC2CCCCC2)cnn1C1CCOC1. The molecule has 1 aromatic heterocycles. The van der Waals surface area contributed by atoms with Crippen molar-refractivity contribution < 1.29 is 9.47 Å². The largest absolute Gasteiger partial charge is 0.486 e. The van der Waals surface area contributed by atoms with E-state index in [0.29, 0.717) is 17.9 Å². The molecular weight excluding hydrogens is 252 g/mol. The molecular formula is C13H19ClN2O2. The van der Waals surface area contributed by atoms with Gasteiger partial charge in [-0.2, -0.15) is 5.10 Å². The third-order valence-corrected chi connectivity index (χ3v) is 4.16. The summed E-state index contributed by atoms with van der Waals surface area (Å²) in [7, 11) is 0. The van der Waals surface area contributed by atoms with Crippen molar-refractivity contribution in [1.29, 1.82) is 0 Å². The van der Waals surface area contributed by atoms with Crippen molar-refractivity contribution in [2.45, 2.75) is 50.7 Å². The van der Waals surface area contributed by atoms with Crippen LogP contribution in [0.3, 0.4) is 0 Å². The van der Waals surface area contributed by atoms with Crippen LogP contribution in [0.15, 0.2) is 6.20 Å². The van der Waals surface area contributed by atoms with Crippen molar-refractivity contribution in [3.8, 4) is 5.75 Å². The maximum Gasteiger partial charge on any atom is 0.176 e. The molecule has 0 spiro atoms. The van der Waals surface area contributed by atoms with Crippen LogP contribution < -0.4 is 4.74 Å². The fraction of sp³-hybridized carbons (Fsp3) is 0.769. The normalized spacial score (nSPS) is 25.5. The first-order chi connectivity index (χ1) is 8.84. The molecule has 2 aliphatic rings. The van der Waals surface area contributed by atoms with Gasteiger partial charge in [0.2, 0.25) is 0 Å². The van der Waals surface area contributed by atoms with Gasteiger partial charge in [-0.25, -0.2) is 4.68 Å². The summed E-state index contributed by atoms with van der Waals surface area (Å²) in [6, 6.07) is 0.265. The van der Waals surface area contributed by atoms with Crippen LogP contribution in [-0.4, -0.2) is 29.1 Å². The van der Waals surface area contributed by atoms with Crippen molar-refractivity contribution in [2.24, 2.45) is 0 Å². The number of hydrogen-bond donors (Lipinski definition) is 0. The van der Waals surface area contributed by atoms with E-state index in [1.54, 1.807) is 6.20 Å². The van der Waals surface area contributed by atoms with Crippen LogP contribution in [0.2, 0.25) is 5.15 Å². The van der Waals surface area contributed by atoms with E-state index in [2.05, 4.69) is 5.10 Å². The average molecular weight is 271 g/mol.